The van der Waals surface area contributed by atoms with E-state index >= 15 is 0 Å². The van der Waals surface area contributed by atoms with Gasteiger partial charge in [0, 0.05) is 1.43 Å². The lowest BCUT2D eigenvalue weighted by atomic mass is 9.72. The zero-order valence-corrected chi connectivity index (χ0v) is 8.06. The van der Waals surface area contributed by atoms with Crippen LogP contribution in [0.2, 0.25) is 0 Å². The zero-order chi connectivity index (χ0) is 8.27. The summed E-state index contributed by atoms with van der Waals surface area (Å²) in [6.07, 6.45) is 3.04. The van der Waals surface area contributed by atoms with Crippen LogP contribution in [0.25, 0.3) is 0 Å². The largest absolute Gasteiger partial charge is 0.316 e. The van der Waals surface area contributed by atoms with Gasteiger partial charge in [0.1, 0.15) is 0 Å². The van der Waals surface area contributed by atoms with Crippen LogP contribution in [0, 0.1) is 17.8 Å². The Kier molecular flexibility index (Phi) is 3.38. The van der Waals surface area contributed by atoms with Gasteiger partial charge in [-0.3, -0.25) is 0 Å². The van der Waals surface area contributed by atoms with E-state index in [4.69, 9.17) is 0 Å². The lowest BCUT2D eigenvalue weighted by molar-refractivity contribution is 0.135. The fourth-order valence-electron chi connectivity index (χ4n) is 1.70. The number of hydrogen-bond donors (Lipinski definition) is 1. The van der Waals surface area contributed by atoms with Crippen LogP contribution in [0.3, 0.4) is 0 Å². The molecule has 3 rings (SSSR count). The van der Waals surface area contributed by atoms with Gasteiger partial charge < -0.3 is 5.32 Å². The molecule has 0 radical (unpaired) electrons. The van der Waals surface area contributed by atoms with Crippen LogP contribution >= 0.6 is 0 Å². The first kappa shape index (κ1) is 9.05. The first-order chi connectivity index (χ1) is 5.18. The van der Waals surface area contributed by atoms with E-state index in [1.807, 2.05) is 0 Å². The first-order valence-corrected chi connectivity index (χ1v) is 4.89. The van der Waals surface area contributed by atoms with Gasteiger partial charge in [0.05, 0.1) is 0 Å². The van der Waals surface area contributed by atoms with E-state index in [9.17, 15) is 0 Å². The summed E-state index contributed by atoms with van der Waals surface area (Å²) in [6.45, 7) is 9.10. The van der Waals surface area contributed by atoms with Crippen molar-refractivity contribution in [3.05, 3.63) is 0 Å². The molecule has 1 saturated carbocycles. The van der Waals surface area contributed by atoms with Crippen molar-refractivity contribution >= 4 is 0 Å². The third kappa shape index (κ3) is 3.24. The smallest absolute Gasteiger partial charge is 0 e. The molecule has 1 aliphatic carbocycles. The summed E-state index contributed by atoms with van der Waals surface area (Å²) >= 11 is 0. The van der Waals surface area contributed by atoms with Gasteiger partial charge >= 0.3 is 0 Å². The summed E-state index contributed by atoms with van der Waals surface area (Å²) < 4.78 is 0. The molecule has 2 saturated heterocycles. The maximum Gasteiger partial charge on any atom is 0 e. The Balaban J connectivity index is 0.000000217. The molecule has 68 valence electrons. The molecule has 0 aromatic rings. The Labute approximate surface area is 72.1 Å². The molecule has 0 aromatic carbocycles. The molecule has 3 fully saturated rings. The number of fused-ring (bicyclic) bond motifs is 2. The van der Waals surface area contributed by atoms with Gasteiger partial charge in [-0.25, -0.2) is 0 Å². The van der Waals surface area contributed by atoms with E-state index in [0.717, 1.165) is 17.8 Å². The zero-order valence-electron chi connectivity index (χ0n) is 8.06. The molecule has 0 amide bonds. The second-order valence-corrected chi connectivity index (χ2v) is 4.59. The summed E-state index contributed by atoms with van der Waals surface area (Å²) in [5.41, 5.74) is 0. The standard InChI is InChI=1S/C6H11N.C4H10.H2/c1-5-2-6(1)4-7-3-5;1-4(2)3;/h5-7H,1-4H2;4H,1-3H3;1H. The topological polar surface area (TPSA) is 12.0 Å². The SMILES string of the molecule is C1NCC2CC1C2.CC(C)C.[HH]. The van der Waals surface area contributed by atoms with Crippen LogP contribution in [0.4, 0.5) is 0 Å². The highest BCUT2D eigenvalue weighted by molar-refractivity contribution is 4.87. The number of rotatable bonds is 0. The first-order valence-electron chi connectivity index (χ1n) is 4.89. The fourth-order valence-corrected chi connectivity index (χ4v) is 1.70. The number of piperidine rings is 2. The van der Waals surface area contributed by atoms with Crippen molar-refractivity contribution in [3.63, 3.8) is 0 Å². The van der Waals surface area contributed by atoms with E-state index in [1.165, 1.54) is 25.9 Å². The molecule has 2 bridgehead atoms. The molecule has 0 spiro atoms. The summed E-state index contributed by atoms with van der Waals surface area (Å²) in [5.74, 6) is 2.97. The molecule has 0 unspecified atom stereocenters. The molecular formula is C10H23N. The third-order valence-corrected chi connectivity index (χ3v) is 2.20. The van der Waals surface area contributed by atoms with Gasteiger partial charge in [0.15, 0.2) is 0 Å². The van der Waals surface area contributed by atoms with E-state index in [-0.39, 0.29) is 1.43 Å². The van der Waals surface area contributed by atoms with Crippen molar-refractivity contribution < 1.29 is 1.43 Å². The molecule has 1 nitrogen and oxygen atoms in total. The van der Waals surface area contributed by atoms with Gasteiger partial charge in [0.25, 0.3) is 0 Å². The maximum absolute atomic E-state index is 3.38. The van der Waals surface area contributed by atoms with Crippen molar-refractivity contribution in [3.8, 4) is 0 Å². The van der Waals surface area contributed by atoms with Crippen LogP contribution < -0.4 is 5.32 Å². The Morgan fingerprint density at radius 2 is 1.45 bits per heavy atom. The minimum atomic E-state index is 0. The van der Waals surface area contributed by atoms with Gasteiger partial charge in [-0.15, -0.1) is 0 Å². The molecule has 11 heavy (non-hydrogen) atoms. The number of hydrogen-bond acceptors (Lipinski definition) is 1. The highest BCUT2D eigenvalue weighted by atomic mass is 14.9. The van der Waals surface area contributed by atoms with Gasteiger partial charge in [-0.05, 0) is 43.7 Å². The quantitative estimate of drug-likeness (QED) is 0.570. The fraction of sp³-hybridized carbons (Fsp3) is 1.00. The van der Waals surface area contributed by atoms with Crippen molar-refractivity contribution in [2.75, 3.05) is 13.1 Å². The van der Waals surface area contributed by atoms with Gasteiger partial charge in [-0.1, -0.05) is 20.8 Å². The lowest BCUT2D eigenvalue weighted by Gasteiger charge is -2.41. The second kappa shape index (κ2) is 4.10. The molecule has 2 heterocycles. The lowest BCUT2D eigenvalue weighted by Crippen LogP contribution is -2.45. The predicted molar refractivity (Wildman–Crippen MR) is 51.7 cm³/mol. The normalized spacial score (nSPS) is 33.8. The van der Waals surface area contributed by atoms with E-state index in [1.54, 1.807) is 0 Å². The highest BCUT2D eigenvalue weighted by Gasteiger charge is 2.32. The molecular weight excluding hydrogens is 134 g/mol. The van der Waals surface area contributed by atoms with Crippen molar-refractivity contribution in [1.29, 1.82) is 0 Å². The molecule has 3 aliphatic rings. The minimum Gasteiger partial charge on any atom is -0.316 e. The van der Waals surface area contributed by atoms with E-state index in [0.29, 0.717) is 0 Å². The van der Waals surface area contributed by atoms with Crippen LogP contribution in [-0.4, -0.2) is 13.1 Å². The molecule has 2 aliphatic heterocycles. The Morgan fingerprint density at radius 1 is 1.09 bits per heavy atom. The summed E-state index contributed by atoms with van der Waals surface area (Å²) in [6, 6.07) is 0. The highest BCUT2D eigenvalue weighted by Crippen LogP contribution is 2.35. The van der Waals surface area contributed by atoms with Gasteiger partial charge in [0.2, 0.25) is 0 Å². The monoisotopic (exact) mass is 157 g/mol. The van der Waals surface area contributed by atoms with Crippen LogP contribution in [-0.2, 0) is 0 Å². The van der Waals surface area contributed by atoms with E-state index in [2.05, 4.69) is 26.1 Å². The second-order valence-electron chi connectivity index (χ2n) is 4.59. The van der Waals surface area contributed by atoms with Crippen LogP contribution in [0.15, 0.2) is 0 Å². The molecule has 1 N–H and O–H groups in total. The Morgan fingerprint density at radius 3 is 1.55 bits per heavy atom. The van der Waals surface area contributed by atoms with Crippen molar-refractivity contribution in [2.24, 2.45) is 17.8 Å². The summed E-state index contributed by atoms with van der Waals surface area (Å²) in [7, 11) is 0. The minimum absolute atomic E-state index is 0. The average molecular weight is 157 g/mol. The predicted octanol–water partition coefficient (Wildman–Crippen LogP) is 2.52. The summed E-state index contributed by atoms with van der Waals surface area (Å²) in [5, 5.41) is 3.38. The Bertz CT molecular complexity index is 92.1. The molecule has 0 atom stereocenters. The Hall–Kier alpha value is -0.0400. The van der Waals surface area contributed by atoms with Crippen molar-refractivity contribution in [2.45, 2.75) is 33.6 Å². The van der Waals surface area contributed by atoms with Crippen LogP contribution in [0.1, 0.15) is 35.0 Å². The maximum atomic E-state index is 3.38. The van der Waals surface area contributed by atoms with E-state index < -0.39 is 0 Å². The summed E-state index contributed by atoms with van der Waals surface area (Å²) in [4.78, 5) is 0. The number of nitrogens with one attached hydrogen (secondary N) is 1. The van der Waals surface area contributed by atoms with Crippen LogP contribution in [0.5, 0.6) is 0 Å². The van der Waals surface area contributed by atoms with Gasteiger partial charge in [-0.2, -0.15) is 0 Å². The van der Waals surface area contributed by atoms with Crippen molar-refractivity contribution in [1.82, 2.24) is 5.32 Å². The molecule has 0 aromatic heterocycles. The average Bonchev–Trinajstić information content (AvgIpc) is 1.86. The third-order valence-electron chi connectivity index (χ3n) is 2.20. The molecule has 1 heteroatoms.